The Kier molecular flexibility index (Phi) is 3.88. The third-order valence-corrected chi connectivity index (χ3v) is 5.42. The molecule has 2 aliphatic heterocycles. The maximum absolute atomic E-state index is 6.40. The molecule has 1 saturated heterocycles. The lowest BCUT2D eigenvalue weighted by molar-refractivity contribution is 0.412. The summed E-state index contributed by atoms with van der Waals surface area (Å²) in [6, 6.07) is 9.90. The van der Waals surface area contributed by atoms with E-state index in [9.17, 15) is 0 Å². The van der Waals surface area contributed by atoms with Crippen LogP contribution in [-0.4, -0.2) is 26.7 Å². The molecule has 1 fully saturated rings. The fourth-order valence-electron chi connectivity index (χ4n) is 3.70. The van der Waals surface area contributed by atoms with Crippen LogP contribution in [0.4, 0.5) is 5.69 Å². The maximum atomic E-state index is 6.40. The molecule has 0 spiro atoms. The largest absolute Gasteiger partial charge is 0.495 e. The number of methoxy groups -OCH3 is 1. The smallest absolute Gasteiger partial charge is 0.142 e. The van der Waals surface area contributed by atoms with Crippen LogP contribution in [0.25, 0.3) is 11.1 Å². The van der Waals surface area contributed by atoms with Crippen LogP contribution in [0.2, 0.25) is 10.0 Å². The van der Waals surface area contributed by atoms with Gasteiger partial charge in [0.05, 0.1) is 12.8 Å². The molecule has 2 aliphatic rings. The summed E-state index contributed by atoms with van der Waals surface area (Å²) in [4.78, 5) is 0. The maximum Gasteiger partial charge on any atom is 0.142 e. The van der Waals surface area contributed by atoms with Crippen molar-refractivity contribution in [2.24, 2.45) is 5.92 Å². The number of fused-ring (bicyclic) bond motifs is 3. The van der Waals surface area contributed by atoms with Crippen molar-refractivity contribution >= 4 is 28.9 Å². The highest BCUT2D eigenvalue weighted by molar-refractivity contribution is 6.36. The van der Waals surface area contributed by atoms with Crippen LogP contribution in [0.5, 0.6) is 5.75 Å². The van der Waals surface area contributed by atoms with E-state index in [2.05, 4.69) is 16.7 Å². The molecule has 2 heterocycles. The van der Waals surface area contributed by atoms with Crippen LogP contribution >= 0.6 is 23.2 Å². The molecule has 2 atom stereocenters. The van der Waals surface area contributed by atoms with Crippen molar-refractivity contribution in [2.75, 3.05) is 32.1 Å². The Morgan fingerprint density at radius 2 is 1.96 bits per heavy atom. The van der Waals surface area contributed by atoms with Gasteiger partial charge in [-0.2, -0.15) is 0 Å². The molecule has 0 aromatic heterocycles. The zero-order chi connectivity index (χ0) is 16.0. The normalized spacial score (nSPS) is 22.2. The molecule has 0 unspecified atom stereocenters. The summed E-state index contributed by atoms with van der Waals surface area (Å²) in [5.74, 6) is 2.02. The van der Waals surface area contributed by atoms with E-state index in [1.54, 1.807) is 13.2 Å². The first-order chi connectivity index (χ1) is 11.2. The van der Waals surface area contributed by atoms with Gasteiger partial charge in [-0.25, -0.2) is 0 Å². The van der Waals surface area contributed by atoms with Crippen LogP contribution in [0.3, 0.4) is 0 Å². The Morgan fingerprint density at radius 3 is 2.74 bits per heavy atom. The standard InChI is InChI=1S/C18H18Cl2N2O/c1-23-17-5-10(13-3-2-12(19)6-16(13)20)4-14-15-9-21-7-11(15)8-22-18(14)17/h2-6,11,15,21-22H,7-9H2,1H3/t11-,15-/m1/s1. The summed E-state index contributed by atoms with van der Waals surface area (Å²) in [6.07, 6.45) is 0. The Balaban J connectivity index is 1.87. The fraction of sp³-hybridized carbons (Fsp3) is 0.333. The third kappa shape index (κ3) is 2.57. The molecule has 0 aliphatic carbocycles. The molecular weight excluding hydrogens is 331 g/mol. The van der Waals surface area contributed by atoms with Crippen molar-refractivity contribution in [1.29, 1.82) is 0 Å². The summed E-state index contributed by atoms with van der Waals surface area (Å²) in [7, 11) is 1.71. The predicted octanol–water partition coefficient (Wildman–Crippen LogP) is 4.40. The SMILES string of the molecule is COc1cc(-c2ccc(Cl)cc2Cl)cc2c1NC[C@H]1CNC[C@@H]21. The highest BCUT2D eigenvalue weighted by atomic mass is 35.5. The highest BCUT2D eigenvalue weighted by Crippen LogP contribution is 2.45. The van der Waals surface area contributed by atoms with Gasteiger partial charge in [0.1, 0.15) is 5.75 Å². The summed E-state index contributed by atoms with van der Waals surface area (Å²) in [5, 5.41) is 8.33. The van der Waals surface area contributed by atoms with Gasteiger partial charge in [0, 0.05) is 41.2 Å². The molecule has 0 saturated carbocycles. The second kappa shape index (κ2) is 5.90. The predicted molar refractivity (Wildman–Crippen MR) is 96.0 cm³/mol. The summed E-state index contributed by atoms with van der Waals surface area (Å²) < 4.78 is 5.63. The van der Waals surface area contributed by atoms with E-state index in [-0.39, 0.29) is 0 Å². The van der Waals surface area contributed by atoms with Crippen molar-refractivity contribution in [3.05, 3.63) is 45.9 Å². The molecule has 2 aromatic rings. The zero-order valence-corrected chi connectivity index (χ0v) is 14.3. The van der Waals surface area contributed by atoms with E-state index in [0.717, 1.165) is 42.2 Å². The van der Waals surface area contributed by atoms with Crippen molar-refractivity contribution in [3.63, 3.8) is 0 Å². The Morgan fingerprint density at radius 1 is 1.09 bits per heavy atom. The molecule has 120 valence electrons. The number of halogens is 2. The van der Waals surface area contributed by atoms with E-state index in [0.29, 0.717) is 21.9 Å². The quantitative estimate of drug-likeness (QED) is 0.843. The number of nitrogens with one attached hydrogen (secondary N) is 2. The molecule has 2 N–H and O–H groups in total. The van der Waals surface area contributed by atoms with Gasteiger partial charge in [-0.1, -0.05) is 29.3 Å². The molecule has 0 bridgehead atoms. The summed E-state index contributed by atoms with van der Waals surface area (Å²) in [6.45, 7) is 3.06. The fourth-order valence-corrected chi connectivity index (χ4v) is 4.22. The van der Waals surface area contributed by atoms with E-state index in [4.69, 9.17) is 27.9 Å². The number of anilines is 1. The Bertz CT molecular complexity index is 763. The van der Waals surface area contributed by atoms with Gasteiger partial charge in [0.15, 0.2) is 0 Å². The van der Waals surface area contributed by atoms with Crippen LogP contribution in [0.15, 0.2) is 30.3 Å². The van der Waals surface area contributed by atoms with Crippen molar-refractivity contribution < 1.29 is 4.74 Å². The minimum Gasteiger partial charge on any atom is -0.495 e. The lowest BCUT2D eigenvalue weighted by Crippen LogP contribution is -2.27. The van der Waals surface area contributed by atoms with Gasteiger partial charge in [-0.05, 0) is 41.3 Å². The average molecular weight is 349 g/mol. The van der Waals surface area contributed by atoms with Gasteiger partial charge in [-0.3, -0.25) is 0 Å². The number of ether oxygens (including phenoxy) is 1. The molecule has 2 aromatic carbocycles. The third-order valence-electron chi connectivity index (χ3n) is 4.88. The summed E-state index contributed by atoms with van der Waals surface area (Å²) >= 11 is 12.4. The number of hydrogen-bond acceptors (Lipinski definition) is 3. The van der Waals surface area contributed by atoms with Gasteiger partial charge < -0.3 is 15.4 Å². The van der Waals surface area contributed by atoms with Gasteiger partial charge in [-0.15, -0.1) is 0 Å². The zero-order valence-electron chi connectivity index (χ0n) is 12.8. The van der Waals surface area contributed by atoms with Crippen LogP contribution in [-0.2, 0) is 0 Å². The monoisotopic (exact) mass is 348 g/mol. The Labute approximate surface area is 145 Å². The molecular formula is C18H18Cl2N2O. The topological polar surface area (TPSA) is 33.3 Å². The van der Waals surface area contributed by atoms with E-state index in [1.165, 1.54) is 5.56 Å². The van der Waals surface area contributed by atoms with Crippen LogP contribution in [0, 0.1) is 5.92 Å². The first-order valence-corrected chi connectivity index (χ1v) is 8.55. The van der Waals surface area contributed by atoms with Crippen LogP contribution in [0.1, 0.15) is 11.5 Å². The molecule has 0 amide bonds. The van der Waals surface area contributed by atoms with Gasteiger partial charge >= 0.3 is 0 Å². The number of benzene rings is 2. The molecule has 5 heteroatoms. The number of hydrogen-bond donors (Lipinski definition) is 2. The van der Waals surface area contributed by atoms with Crippen molar-refractivity contribution in [1.82, 2.24) is 5.32 Å². The Hall–Kier alpha value is -1.42. The average Bonchev–Trinajstić information content (AvgIpc) is 3.02. The molecule has 0 radical (unpaired) electrons. The first-order valence-electron chi connectivity index (χ1n) is 7.79. The number of rotatable bonds is 2. The van der Waals surface area contributed by atoms with Crippen molar-refractivity contribution in [3.8, 4) is 16.9 Å². The first kappa shape index (κ1) is 15.1. The molecule has 23 heavy (non-hydrogen) atoms. The lowest BCUT2D eigenvalue weighted by atomic mass is 9.83. The highest BCUT2D eigenvalue weighted by Gasteiger charge is 2.35. The van der Waals surface area contributed by atoms with Gasteiger partial charge in [0.25, 0.3) is 0 Å². The van der Waals surface area contributed by atoms with Crippen molar-refractivity contribution in [2.45, 2.75) is 5.92 Å². The van der Waals surface area contributed by atoms with E-state index < -0.39 is 0 Å². The molecule has 3 nitrogen and oxygen atoms in total. The summed E-state index contributed by atoms with van der Waals surface area (Å²) in [5.41, 5.74) is 4.47. The van der Waals surface area contributed by atoms with E-state index in [1.807, 2.05) is 18.2 Å². The minimum absolute atomic E-state index is 0.520. The second-order valence-electron chi connectivity index (χ2n) is 6.17. The molecule has 4 rings (SSSR count). The van der Waals surface area contributed by atoms with E-state index >= 15 is 0 Å². The van der Waals surface area contributed by atoms with Crippen LogP contribution < -0.4 is 15.4 Å². The lowest BCUT2D eigenvalue weighted by Gasteiger charge is -2.30. The minimum atomic E-state index is 0.520. The second-order valence-corrected chi connectivity index (χ2v) is 7.02. The van der Waals surface area contributed by atoms with Gasteiger partial charge in [0.2, 0.25) is 0 Å².